The van der Waals surface area contributed by atoms with Gasteiger partial charge >= 0.3 is 5.97 Å². The molecule has 7 nitrogen and oxygen atoms in total. The van der Waals surface area contributed by atoms with Gasteiger partial charge < -0.3 is 10.1 Å². The first-order valence-electron chi connectivity index (χ1n) is 9.88. The smallest absolute Gasteiger partial charge is 0.349 e. The van der Waals surface area contributed by atoms with Gasteiger partial charge in [-0.1, -0.05) is 12.1 Å². The molecule has 3 heterocycles. The van der Waals surface area contributed by atoms with Crippen molar-refractivity contribution in [2.24, 2.45) is 0 Å². The number of nitrogens with zero attached hydrogens (tertiary/aromatic N) is 2. The van der Waals surface area contributed by atoms with Crippen molar-refractivity contribution in [1.82, 2.24) is 9.55 Å². The van der Waals surface area contributed by atoms with E-state index in [4.69, 9.17) is 4.74 Å². The zero-order valence-corrected chi connectivity index (χ0v) is 18.2. The van der Waals surface area contributed by atoms with Gasteiger partial charge in [0.2, 0.25) is 0 Å². The normalized spacial score (nSPS) is 13.9. The lowest BCUT2D eigenvalue weighted by Gasteiger charge is -2.15. The fourth-order valence-corrected chi connectivity index (χ4v) is 4.72. The molecule has 0 fully saturated rings. The Morgan fingerprint density at radius 1 is 1.27 bits per heavy atom. The number of esters is 1. The number of fused-ring (bicyclic) bond motifs is 2. The van der Waals surface area contributed by atoms with Gasteiger partial charge in [0.25, 0.3) is 11.5 Å². The zero-order valence-electron chi connectivity index (χ0n) is 17.4. The van der Waals surface area contributed by atoms with Gasteiger partial charge in [-0.2, -0.15) is 0 Å². The second-order valence-corrected chi connectivity index (χ2v) is 8.68. The minimum Gasteiger partial charge on any atom is -0.448 e. The van der Waals surface area contributed by atoms with E-state index in [0.717, 1.165) is 41.1 Å². The quantitative estimate of drug-likeness (QED) is 0.646. The van der Waals surface area contributed by atoms with Crippen LogP contribution in [0.2, 0.25) is 0 Å². The molecule has 1 unspecified atom stereocenters. The summed E-state index contributed by atoms with van der Waals surface area (Å²) in [6, 6.07) is 5.76. The van der Waals surface area contributed by atoms with Crippen LogP contribution in [-0.2, 0) is 22.5 Å². The van der Waals surface area contributed by atoms with Crippen molar-refractivity contribution in [3.05, 3.63) is 55.9 Å². The number of hydrogen-bond acceptors (Lipinski definition) is 6. The lowest BCUT2D eigenvalue weighted by atomic mass is 10.1. The summed E-state index contributed by atoms with van der Waals surface area (Å²) in [6.45, 7) is 7.75. The maximum Gasteiger partial charge on any atom is 0.349 e. The lowest BCUT2D eigenvalue weighted by Crippen LogP contribution is -2.30. The Balaban J connectivity index is 1.55. The van der Waals surface area contributed by atoms with E-state index in [1.807, 2.05) is 32.0 Å². The highest BCUT2D eigenvalue weighted by Crippen LogP contribution is 2.29. The highest BCUT2D eigenvalue weighted by atomic mass is 32.1. The minimum atomic E-state index is -0.985. The molecule has 1 aromatic carbocycles. The molecule has 1 N–H and O–H groups in total. The summed E-state index contributed by atoms with van der Waals surface area (Å²) >= 11 is 1.14. The number of hydrogen-bond donors (Lipinski definition) is 1. The fraction of sp³-hybridized carbons (Fsp3) is 0.364. The number of aromatic nitrogens is 2. The van der Waals surface area contributed by atoms with Gasteiger partial charge in [0.05, 0.1) is 5.39 Å². The summed E-state index contributed by atoms with van der Waals surface area (Å²) in [5.74, 6) is -0.272. The van der Waals surface area contributed by atoms with Gasteiger partial charge in [-0.3, -0.25) is 14.2 Å². The number of carbonyl (C=O) groups excluding carboxylic acids is 2. The third kappa shape index (κ3) is 3.52. The molecule has 156 valence electrons. The Labute approximate surface area is 177 Å². The highest BCUT2D eigenvalue weighted by Gasteiger charge is 2.26. The number of rotatable bonds is 4. The molecule has 2 aromatic heterocycles. The first-order chi connectivity index (χ1) is 14.3. The van der Waals surface area contributed by atoms with Crippen LogP contribution in [0.25, 0.3) is 10.2 Å². The first kappa shape index (κ1) is 20.3. The second-order valence-electron chi connectivity index (χ2n) is 7.68. The molecule has 1 aliphatic heterocycles. The molecule has 0 saturated carbocycles. The van der Waals surface area contributed by atoms with E-state index in [9.17, 15) is 14.4 Å². The van der Waals surface area contributed by atoms with Gasteiger partial charge in [-0.15, -0.1) is 11.3 Å². The average Bonchev–Trinajstić information content (AvgIpc) is 3.29. The second kappa shape index (κ2) is 7.68. The van der Waals surface area contributed by atoms with Crippen LogP contribution in [0.5, 0.6) is 0 Å². The Kier molecular flexibility index (Phi) is 5.19. The summed E-state index contributed by atoms with van der Waals surface area (Å²) in [4.78, 5) is 43.5. The van der Waals surface area contributed by atoms with Crippen LogP contribution in [0.1, 0.15) is 45.5 Å². The Bertz CT molecular complexity index is 1240. The van der Waals surface area contributed by atoms with E-state index in [0.29, 0.717) is 32.9 Å². The van der Waals surface area contributed by atoms with E-state index in [2.05, 4.69) is 10.3 Å². The van der Waals surface area contributed by atoms with Gasteiger partial charge in [0.15, 0.2) is 6.10 Å². The van der Waals surface area contributed by atoms with Crippen molar-refractivity contribution >= 4 is 39.1 Å². The van der Waals surface area contributed by atoms with Crippen molar-refractivity contribution in [2.45, 2.75) is 53.2 Å². The number of amides is 1. The monoisotopic (exact) mass is 425 g/mol. The van der Waals surface area contributed by atoms with E-state index in [1.54, 1.807) is 11.5 Å². The molecule has 1 atom stereocenters. The topological polar surface area (TPSA) is 90.3 Å². The largest absolute Gasteiger partial charge is 0.448 e. The van der Waals surface area contributed by atoms with E-state index < -0.39 is 18.0 Å². The minimum absolute atomic E-state index is 0.110. The van der Waals surface area contributed by atoms with Gasteiger partial charge in [0, 0.05) is 18.7 Å². The zero-order chi connectivity index (χ0) is 21.6. The fourth-order valence-electron chi connectivity index (χ4n) is 3.64. The Morgan fingerprint density at radius 2 is 2.03 bits per heavy atom. The average molecular weight is 426 g/mol. The summed E-state index contributed by atoms with van der Waals surface area (Å²) < 4.78 is 7.09. The van der Waals surface area contributed by atoms with Crippen LogP contribution in [-0.4, -0.2) is 27.5 Å². The van der Waals surface area contributed by atoms with Gasteiger partial charge in [0.1, 0.15) is 15.5 Å². The van der Waals surface area contributed by atoms with E-state index >= 15 is 0 Å². The number of anilines is 1. The number of thiophene rings is 1. The van der Waals surface area contributed by atoms with Crippen molar-refractivity contribution < 1.29 is 14.3 Å². The molecule has 4 rings (SSSR count). The molecule has 30 heavy (non-hydrogen) atoms. The third-order valence-corrected chi connectivity index (χ3v) is 6.57. The first-order valence-corrected chi connectivity index (χ1v) is 10.7. The maximum atomic E-state index is 12.8. The summed E-state index contributed by atoms with van der Waals surface area (Å²) in [7, 11) is 0. The molecule has 1 amide bonds. The summed E-state index contributed by atoms with van der Waals surface area (Å²) in [5.41, 5.74) is 3.08. The Morgan fingerprint density at radius 3 is 2.80 bits per heavy atom. The van der Waals surface area contributed by atoms with E-state index in [1.165, 1.54) is 6.92 Å². The number of carbonyl (C=O) groups is 2. The van der Waals surface area contributed by atoms with Gasteiger partial charge in [-0.05, 0) is 56.9 Å². The third-order valence-electron chi connectivity index (χ3n) is 5.40. The molecule has 8 heteroatoms. The summed E-state index contributed by atoms with van der Waals surface area (Å²) in [6.07, 6.45) is 0.680. The molecule has 3 aromatic rings. The SMILES string of the molecule is Cc1ccc(C)c(NC(=O)C(C)OC(=O)c2sc3nc4n(c(=O)c3c2C)CCC4)c1. The number of aryl methyl sites for hydroxylation is 4. The van der Waals surface area contributed by atoms with Gasteiger partial charge in [-0.25, -0.2) is 9.78 Å². The predicted octanol–water partition coefficient (Wildman–Crippen LogP) is 3.51. The lowest BCUT2D eigenvalue weighted by molar-refractivity contribution is -0.123. The molecule has 0 aliphatic carbocycles. The number of nitrogens with one attached hydrogen (secondary N) is 1. The molecule has 0 spiro atoms. The maximum absolute atomic E-state index is 12.8. The van der Waals surface area contributed by atoms with Crippen molar-refractivity contribution in [2.75, 3.05) is 5.32 Å². The molecule has 0 bridgehead atoms. The van der Waals surface area contributed by atoms with Crippen LogP contribution >= 0.6 is 11.3 Å². The molecular formula is C22H23N3O4S. The standard InChI is InChI=1S/C22H23N3O4S/c1-11-7-8-12(2)15(10-11)23-19(26)14(4)29-22(28)18-13(3)17-20(30-18)24-16-6-5-9-25(16)21(17)27/h7-8,10,14H,5-6,9H2,1-4H3,(H,23,26). The molecule has 1 aliphatic rings. The number of benzene rings is 1. The van der Waals surface area contributed by atoms with Crippen molar-refractivity contribution in [3.8, 4) is 0 Å². The molecular weight excluding hydrogens is 402 g/mol. The van der Waals surface area contributed by atoms with Crippen LogP contribution in [0, 0.1) is 20.8 Å². The van der Waals surface area contributed by atoms with Crippen LogP contribution in [0.4, 0.5) is 5.69 Å². The van der Waals surface area contributed by atoms with Crippen LogP contribution < -0.4 is 10.9 Å². The van der Waals surface area contributed by atoms with Crippen molar-refractivity contribution in [1.29, 1.82) is 0 Å². The van der Waals surface area contributed by atoms with Crippen LogP contribution in [0.15, 0.2) is 23.0 Å². The Hall–Kier alpha value is -3.00. The predicted molar refractivity (Wildman–Crippen MR) is 116 cm³/mol. The van der Waals surface area contributed by atoms with Crippen molar-refractivity contribution in [3.63, 3.8) is 0 Å². The summed E-state index contributed by atoms with van der Waals surface area (Å²) in [5, 5.41) is 3.27. The van der Waals surface area contributed by atoms with E-state index in [-0.39, 0.29) is 5.56 Å². The molecule has 0 saturated heterocycles. The van der Waals surface area contributed by atoms with Crippen LogP contribution in [0.3, 0.4) is 0 Å². The number of ether oxygens (including phenoxy) is 1. The molecule has 0 radical (unpaired) electrons. The highest BCUT2D eigenvalue weighted by molar-refractivity contribution is 7.20.